The van der Waals surface area contributed by atoms with Gasteiger partial charge in [-0.25, -0.2) is 9.36 Å². The fourth-order valence-electron chi connectivity index (χ4n) is 2.42. The van der Waals surface area contributed by atoms with Gasteiger partial charge in [-0.2, -0.15) is 0 Å². The molecule has 0 saturated carbocycles. The molecular formula is C20H18NO2+. The Kier molecular flexibility index (Phi) is 4.48. The second-order valence-electron chi connectivity index (χ2n) is 5.17. The topological polar surface area (TPSA) is 30.2 Å². The van der Waals surface area contributed by atoms with E-state index in [4.69, 9.17) is 4.74 Å². The molecule has 0 atom stereocenters. The van der Waals surface area contributed by atoms with Crippen molar-refractivity contribution in [1.29, 1.82) is 0 Å². The van der Waals surface area contributed by atoms with Gasteiger partial charge in [0.1, 0.15) is 17.9 Å². The summed E-state index contributed by atoms with van der Waals surface area (Å²) in [6.07, 6.45) is 3.81. The van der Waals surface area contributed by atoms with Crippen LogP contribution in [0.5, 0.6) is 5.75 Å². The average Bonchev–Trinajstić information content (AvgIpc) is 2.62. The summed E-state index contributed by atoms with van der Waals surface area (Å²) < 4.78 is 7.48. The minimum absolute atomic E-state index is 0.349. The molecule has 0 N–H and O–H groups in total. The van der Waals surface area contributed by atoms with E-state index in [1.807, 2.05) is 78.5 Å². The second-order valence-corrected chi connectivity index (χ2v) is 5.17. The lowest BCUT2D eigenvalue weighted by molar-refractivity contribution is -0.693. The summed E-state index contributed by atoms with van der Waals surface area (Å²) in [5.74, 6) is 0.196. The van der Waals surface area contributed by atoms with Gasteiger partial charge in [0, 0.05) is 11.6 Å². The standard InChI is InChI=1S/C20H18NO2/c1-2-21-14-13-18(16-9-5-3-6-10-16)19(15-21)20(22)23-17-11-7-4-8-12-17/h3-15H,2H2,1H3/q+1. The van der Waals surface area contributed by atoms with Crippen LogP contribution in [0.4, 0.5) is 0 Å². The maximum Gasteiger partial charge on any atom is 0.350 e. The van der Waals surface area contributed by atoms with E-state index >= 15 is 0 Å². The molecule has 0 aliphatic carbocycles. The molecule has 0 unspecified atom stereocenters. The van der Waals surface area contributed by atoms with Crippen LogP contribution < -0.4 is 9.30 Å². The van der Waals surface area contributed by atoms with Gasteiger partial charge in [-0.15, -0.1) is 0 Å². The molecule has 3 aromatic rings. The molecular weight excluding hydrogens is 286 g/mol. The summed E-state index contributed by atoms with van der Waals surface area (Å²) >= 11 is 0. The molecule has 3 heteroatoms. The van der Waals surface area contributed by atoms with Crippen LogP contribution in [0.2, 0.25) is 0 Å². The van der Waals surface area contributed by atoms with E-state index in [9.17, 15) is 4.79 Å². The van der Waals surface area contributed by atoms with Crippen molar-refractivity contribution < 1.29 is 14.1 Å². The van der Waals surface area contributed by atoms with Gasteiger partial charge >= 0.3 is 5.97 Å². The highest BCUT2D eigenvalue weighted by molar-refractivity contribution is 5.97. The fourth-order valence-corrected chi connectivity index (χ4v) is 2.42. The SMILES string of the molecule is CC[n+]1ccc(-c2ccccc2)c(C(=O)Oc2ccccc2)c1. The van der Waals surface area contributed by atoms with Crippen LogP contribution in [0.1, 0.15) is 17.3 Å². The van der Waals surface area contributed by atoms with E-state index in [-0.39, 0.29) is 5.97 Å². The van der Waals surface area contributed by atoms with Crippen molar-refractivity contribution in [1.82, 2.24) is 0 Å². The largest absolute Gasteiger partial charge is 0.423 e. The van der Waals surface area contributed by atoms with E-state index in [1.165, 1.54) is 0 Å². The van der Waals surface area contributed by atoms with Crippen molar-refractivity contribution in [2.45, 2.75) is 13.5 Å². The van der Waals surface area contributed by atoms with E-state index in [0.29, 0.717) is 11.3 Å². The number of carbonyl (C=O) groups is 1. The molecule has 2 aromatic carbocycles. The van der Waals surface area contributed by atoms with Gasteiger partial charge in [0.2, 0.25) is 0 Å². The molecule has 0 aliphatic rings. The summed E-state index contributed by atoms with van der Waals surface area (Å²) in [4.78, 5) is 12.6. The van der Waals surface area contributed by atoms with Crippen LogP contribution in [0, 0.1) is 0 Å². The molecule has 0 saturated heterocycles. The van der Waals surface area contributed by atoms with Gasteiger partial charge in [-0.1, -0.05) is 48.5 Å². The summed E-state index contributed by atoms with van der Waals surface area (Å²) in [7, 11) is 0. The number of rotatable bonds is 4. The zero-order valence-corrected chi connectivity index (χ0v) is 13.0. The van der Waals surface area contributed by atoms with E-state index in [1.54, 1.807) is 12.1 Å². The normalized spacial score (nSPS) is 10.3. The molecule has 0 amide bonds. The number of hydrogen-bond donors (Lipinski definition) is 0. The first-order chi connectivity index (χ1) is 11.3. The number of aryl methyl sites for hydroxylation is 1. The Hall–Kier alpha value is -2.94. The second kappa shape index (κ2) is 6.88. The number of ether oxygens (including phenoxy) is 1. The van der Waals surface area contributed by atoms with Crippen molar-refractivity contribution in [3.8, 4) is 16.9 Å². The molecule has 0 radical (unpaired) electrons. The lowest BCUT2D eigenvalue weighted by Crippen LogP contribution is -2.33. The third-order valence-corrected chi connectivity index (χ3v) is 3.64. The monoisotopic (exact) mass is 304 g/mol. The zero-order valence-electron chi connectivity index (χ0n) is 13.0. The van der Waals surface area contributed by atoms with Crippen molar-refractivity contribution in [3.05, 3.63) is 84.7 Å². The molecule has 23 heavy (non-hydrogen) atoms. The first-order valence-corrected chi connectivity index (χ1v) is 7.63. The van der Waals surface area contributed by atoms with Crippen molar-refractivity contribution >= 4 is 5.97 Å². The van der Waals surface area contributed by atoms with Crippen molar-refractivity contribution in [2.24, 2.45) is 0 Å². The Morgan fingerprint density at radius 1 is 0.957 bits per heavy atom. The summed E-state index contributed by atoms with van der Waals surface area (Å²) in [5, 5.41) is 0. The van der Waals surface area contributed by atoms with Gasteiger partial charge in [0.15, 0.2) is 12.4 Å². The maximum absolute atomic E-state index is 12.6. The molecule has 3 nitrogen and oxygen atoms in total. The Bertz CT molecular complexity index is 798. The van der Waals surface area contributed by atoms with Crippen LogP contribution in [-0.2, 0) is 6.54 Å². The summed E-state index contributed by atoms with van der Waals surface area (Å²) in [6, 6.07) is 21.0. The number of hydrogen-bond acceptors (Lipinski definition) is 2. The van der Waals surface area contributed by atoms with Gasteiger partial charge in [0.05, 0.1) is 0 Å². The fraction of sp³-hybridized carbons (Fsp3) is 0.100. The first-order valence-electron chi connectivity index (χ1n) is 7.63. The Morgan fingerprint density at radius 2 is 1.61 bits per heavy atom. The number of esters is 1. The van der Waals surface area contributed by atoms with Gasteiger partial charge in [-0.05, 0) is 24.6 Å². The van der Waals surface area contributed by atoms with Crippen molar-refractivity contribution in [2.75, 3.05) is 0 Å². The van der Waals surface area contributed by atoms with E-state index in [2.05, 4.69) is 0 Å². The van der Waals surface area contributed by atoms with Gasteiger partial charge < -0.3 is 4.74 Å². The minimum atomic E-state index is -0.349. The number of aromatic nitrogens is 1. The molecule has 114 valence electrons. The number of para-hydroxylation sites is 1. The number of nitrogens with zero attached hydrogens (tertiary/aromatic N) is 1. The highest BCUT2D eigenvalue weighted by Crippen LogP contribution is 2.23. The molecule has 0 aliphatic heterocycles. The van der Waals surface area contributed by atoms with Crippen LogP contribution in [0.3, 0.4) is 0 Å². The Morgan fingerprint density at radius 3 is 2.26 bits per heavy atom. The molecule has 1 aromatic heterocycles. The maximum atomic E-state index is 12.6. The van der Waals surface area contributed by atoms with Gasteiger partial charge in [0.25, 0.3) is 0 Å². The number of carbonyl (C=O) groups excluding carboxylic acids is 1. The lowest BCUT2D eigenvalue weighted by atomic mass is 10.0. The zero-order chi connectivity index (χ0) is 16.1. The van der Waals surface area contributed by atoms with Crippen molar-refractivity contribution in [3.63, 3.8) is 0 Å². The minimum Gasteiger partial charge on any atom is -0.423 e. The molecule has 0 spiro atoms. The number of pyridine rings is 1. The van der Waals surface area contributed by atoms with Crippen LogP contribution >= 0.6 is 0 Å². The molecule has 3 rings (SSSR count). The summed E-state index contributed by atoms with van der Waals surface area (Å²) in [6.45, 7) is 2.83. The highest BCUT2D eigenvalue weighted by atomic mass is 16.5. The molecule has 1 heterocycles. The predicted octanol–water partition coefficient (Wildman–Crippen LogP) is 3.88. The molecule has 0 fully saturated rings. The summed E-state index contributed by atoms with van der Waals surface area (Å²) in [5.41, 5.74) is 2.43. The Balaban J connectivity index is 2.00. The van der Waals surface area contributed by atoms with Crippen LogP contribution in [0.25, 0.3) is 11.1 Å². The third-order valence-electron chi connectivity index (χ3n) is 3.64. The smallest absolute Gasteiger partial charge is 0.350 e. The quantitative estimate of drug-likeness (QED) is 0.416. The first kappa shape index (κ1) is 15.0. The van der Waals surface area contributed by atoms with Crippen LogP contribution in [0.15, 0.2) is 79.1 Å². The van der Waals surface area contributed by atoms with Crippen LogP contribution in [-0.4, -0.2) is 5.97 Å². The molecule has 0 bridgehead atoms. The van der Waals surface area contributed by atoms with E-state index < -0.39 is 0 Å². The lowest BCUT2D eigenvalue weighted by Gasteiger charge is -2.08. The Labute approximate surface area is 135 Å². The highest BCUT2D eigenvalue weighted by Gasteiger charge is 2.19. The van der Waals surface area contributed by atoms with Gasteiger partial charge in [-0.3, -0.25) is 0 Å². The third kappa shape index (κ3) is 3.46. The van der Waals surface area contributed by atoms with E-state index in [0.717, 1.165) is 17.7 Å². The number of benzene rings is 2. The predicted molar refractivity (Wildman–Crippen MR) is 89.1 cm³/mol. The average molecular weight is 304 g/mol.